The molecule has 2 aromatic heterocycles. The maximum atomic E-state index is 12.4. The van der Waals surface area contributed by atoms with Crippen molar-refractivity contribution >= 4 is 17.1 Å². The molecule has 0 saturated carbocycles. The van der Waals surface area contributed by atoms with E-state index in [-0.39, 0.29) is 16.6 Å². The molecule has 0 aliphatic heterocycles. The van der Waals surface area contributed by atoms with E-state index in [1.165, 1.54) is 18.2 Å². The van der Waals surface area contributed by atoms with Crippen LogP contribution in [0.2, 0.25) is 0 Å². The molecule has 3 rings (SSSR count). The van der Waals surface area contributed by atoms with Crippen molar-refractivity contribution in [2.45, 2.75) is 12.5 Å². The van der Waals surface area contributed by atoms with Gasteiger partial charge >= 0.3 is 12.5 Å². The molecule has 0 aliphatic rings. The minimum atomic E-state index is -5.00. The van der Waals surface area contributed by atoms with Crippen LogP contribution in [-0.2, 0) is 0 Å². The molecule has 0 spiro atoms. The number of nitrogens with zero attached hydrogens (tertiary/aromatic N) is 2. The molecule has 0 fully saturated rings. The minimum Gasteiger partial charge on any atom is -0.406 e. The van der Waals surface area contributed by atoms with Crippen LogP contribution < -0.4 is 4.74 Å². The van der Waals surface area contributed by atoms with E-state index in [1.54, 1.807) is 0 Å². The summed E-state index contributed by atoms with van der Waals surface area (Å²) in [6.45, 7) is 0. The average Bonchev–Trinajstić information content (AvgIpc) is 3.21. The van der Waals surface area contributed by atoms with Gasteiger partial charge < -0.3 is 9.26 Å². The van der Waals surface area contributed by atoms with Gasteiger partial charge in [-0.15, -0.1) is 24.5 Å². The molecule has 0 atom stereocenters. The van der Waals surface area contributed by atoms with Gasteiger partial charge in [-0.1, -0.05) is 5.16 Å². The Labute approximate surface area is 150 Å². The molecule has 1 aromatic carbocycles. The van der Waals surface area contributed by atoms with Crippen molar-refractivity contribution in [2.75, 3.05) is 0 Å². The summed E-state index contributed by atoms with van der Waals surface area (Å²) in [5.41, 5.74) is 0.294. The summed E-state index contributed by atoms with van der Waals surface area (Å²) in [6, 6.07) is 6.81. The zero-order valence-electron chi connectivity index (χ0n) is 12.8. The normalized spacial score (nSPS) is 12.2. The number of halogens is 6. The number of benzene rings is 1. The van der Waals surface area contributed by atoms with Crippen LogP contribution in [0.3, 0.4) is 0 Å². The van der Waals surface area contributed by atoms with E-state index in [0.717, 1.165) is 18.2 Å². The monoisotopic (exact) mass is 408 g/mol. The number of hydrogen-bond acceptors (Lipinski definition) is 6. The second-order valence-electron chi connectivity index (χ2n) is 4.99. The number of Topliss-reactive ketones (excluding diaryl/α,β-unsaturated/α-hetero) is 1. The van der Waals surface area contributed by atoms with Gasteiger partial charge in [0.05, 0.1) is 9.75 Å². The van der Waals surface area contributed by atoms with E-state index >= 15 is 0 Å². The van der Waals surface area contributed by atoms with E-state index in [0.29, 0.717) is 16.9 Å². The lowest BCUT2D eigenvalue weighted by Crippen LogP contribution is -2.21. The smallest absolute Gasteiger partial charge is 0.406 e. The predicted molar refractivity (Wildman–Crippen MR) is 80.1 cm³/mol. The summed E-state index contributed by atoms with van der Waals surface area (Å²) in [4.78, 5) is 14.8. The van der Waals surface area contributed by atoms with Gasteiger partial charge in [0.1, 0.15) is 5.75 Å². The van der Waals surface area contributed by atoms with Gasteiger partial charge in [0.15, 0.2) is 0 Å². The molecule has 12 heteroatoms. The van der Waals surface area contributed by atoms with E-state index < -0.39 is 28.9 Å². The number of ketones is 1. The summed E-state index contributed by atoms with van der Waals surface area (Å²) in [5, 5.41) is 3.62. The number of rotatable bonds is 4. The fourth-order valence-electron chi connectivity index (χ4n) is 1.96. The number of carbonyl (C=O) groups excluding carboxylic acids is 1. The molecule has 0 aliphatic carbocycles. The fourth-order valence-corrected chi connectivity index (χ4v) is 2.85. The highest BCUT2D eigenvalue weighted by molar-refractivity contribution is 7.17. The highest BCUT2D eigenvalue weighted by Gasteiger charge is 2.40. The first-order valence-corrected chi connectivity index (χ1v) is 7.76. The van der Waals surface area contributed by atoms with E-state index in [4.69, 9.17) is 4.52 Å². The van der Waals surface area contributed by atoms with E-state index in [1.807, 2.05) is 0 Å². The maximum absolute atomic E-state index is 12.4. The highest BCUT2D eigenvalue weighted by atomic mass is 32.1. The molecule has 0 amide bonds. The molecular weight excluding hydrogens is 402 g/mol. The third-order valence-corrected chi connectivity index (χ3v) is 4.14. The van der Waals surface area contributed by atoms with Crippen LogP contribution in [-0.4, -0.2) is 28.5 Å². The Kier molecular flexibility index (Phi) is 4.68. The van der Waals surface area contributed by atoms with Crippen molar-refractivity contribution in [1.29, 1.82) is 0 Å². The summed E-state index contributed by atoms with van der Waals surface area (Å²) in [7, 11) is 0. The second kappa shape index (κ2) is 6.68. The number of ether oxygens (including phenoxy) is 1. The Balaban J connectivity index is 1.79. The largest absolute Gasteiger partial charge is 0.573 e. The summed E-state index contributed by atoms with van der Waals surface area (Å²) in [6.07, 6.45) is -9.83. The van der Waals surface area contributed by atoms with Gasteiger partial charge in [0.2, 0.25) is 5.82 Å². The third kappa shape index (κ3) is 4.45. The molecule has 5 nitrogen and oxygen atoms in total. The van der Waals surface area contributed by atoms with Crippen LogP contribution >= 0.6 is 11.3 Å². The van der Waals surface area contributed by atoms with Gasteiger partial charge in [-0.05, 0) is 36.4 Å². The summed E-state index contributed by atoms with van der Waals surface area (Å²) < 4.78 is 82.4. The Hall–Kier alpha value is -2.89. The van der Waals surface area contributed by atoms with Gasteiger partial charge in [-0.3, -0.25) is 4.79 Å². The van der Waals surface area contributed by atoms with Gasteiger partial charge in [-0.2, -0.15) is 18.2 Å². The molecule has 0 N–H and O–H groups in total. The molecule has 2 heterocycles. The molecule has 27 heavy (non-hydrogen) atoms. The first-order chi connectivity index (χ1) is 12.5. The Bertz CT molecular complexity index is 959. The molecular formula is C15H6F6N2O3S. The third-order valence-electron chi connectivity index (χ3n) is 3.07. The van der Waals surface area contributed by atoms with Crippen LogP contribution in [0, 0.1) is 0 Å². The van der Waals surface area contributed by atoms with Crippen LogP contribution in [0.15, 0.2) is 40.9 Å². The van der Waals surface area contributed by atoms with E-state index in [2.05, 4.69) is 14.9 Å². The number of hydrogen-bond donors (Lipinski definition) is 0. The fraction of sp³-hybridized carbons (Fsp3) is 0.133. The van der Waals surface area contributed by atoms with Crippen LogP contribution in [0.25, 0.3) is 22.2 Å². The Morgan fingerprint density at radius 3 is 2.26 bits per heavy atom. The molecule has 0 radical (unpaired) electrons. The lowest BCUT2D eigenvalue weighted by molar-refractivity contribution is -0.274. The number of thiophene rings is 1. The van der Waals surface area contributed by atoms with Crippen molar-refractivity contribution in [1.82, 2.24) is 10.1 Å². The van der Waals surface area contributed by atoms with Crippen LogP contribution in [0.5, 0.6) is 5.75 Å². The van der Waals surface area contributed by atoms with E-state index in [9.17, 15) is 31.1 Å². The second-order valence-corrected chi connectivity index (χ2v) is 6.07. The molecule has 0 saturated heterocycles. The SMILES string of the molecule is O=C(c1ccc(-c2nc(-c3ccc(OC(F)(F)F)cc3)no2)s1)C(F)(F)F. The quantitative estimate of drug-likeness (QED) is 0.444. The lowest BCUT2D eigenvalue weighted by atomic mass is 10.2. The zero-order valence-corrected chi connectivity index (χ0v) is 13.6. The van der Waals surface area contributed by atoms with Crippen molar-refractivity contribution in [2.24, 2.45) is 0 Å². The molecule has 142 valence electrons. The minimum absolute atomic E-state index is 0.000608. The summed E-state index contributed by atoms with van der Waals surface area (Å²) >= 11 is 0.527. The lowest BCUT2D eigenvalue weighted by Gasteiger charge is -2.08. The van der Waals surface area contributed by atoms with Crippen LogP contribution in [0.4, 0.5) is 26.3 Å². The number of alkyl halides is 6. The molecule has 3 aromatic rings. The topological polar surface area (TPSA) is 65.2 Å². The maximum Gasteiger partial charge on any atom is 0.573 e. The standard InChI is InChI=1S/C15H6F6N2O3S/c16-14(17,18)11(24)9-5-6-10(27-9)13-22-12(23-26-13)7-1-3-8(4-2-7)25-15(19,20)21/h1-6H. The predicted octanol–water partition coefficient (Wildman–Crippen LogP) is 5.11. The van der Waals surface area contributed by atoms with Crippen molar-refractivity contribution in [3.8, 4) is 27.9 Å². The number of aromatic nitrogens is 2. The molecule has 0 unspecified atom stereocenters. The molecule has 0 bridgehead atoms. The van der Waals surface area contributed by atoms with Crippen molar-refractivity contribution in [3.05, 3.63) is 41.3 Å². The average molecular weight is 408 g/mol. The highest BCUT2D eigenvalue weighted by Crippen LogP contribution is 2.32. The Morgan fingerprint density at radius 2 is 1.67 bits per heavy atom. The van der Waals surface area contributed by atoms with Gasteiger partial charge in [-0.25, -0.2) is 0 Å². The number of carbonyl (C=O) groups is 1. The zero-order chi connectivity index (χ0) is 19.8. The van der Waals surface area contributed by atoms with Gasteiger partial charge in [0, 0.05) is 5.56 Å². The van der Waals surface area contributed by atoms with Gasteiger partial charge in [0.25, 0.3) is 11.7 Å². The van der Waals surface area contributed by atoms with Crippen molar-refractivity contribution in [3.63, 3.8) is 0 Å². The van der Waals surface area contributed by atoms with Crippen LogP contribution in [0.1, 0.15) is 9.67 Å². The van der Waals surface area contributed by atoms with Crippen molar-refractivity contribution < 1.29 is 40.4 Å². The first-order valence-electron chi connectivity index (χ1n) is 6.94. The first kappa shape index (κ1) is 18.9. The Morgan fingerprint density at radius 1 is 1.00 bits per heavy atom. The summed E-state index contributed by atoms with van der Waals surface area (Å²) in [5.74, 6) is -2.56.